The quantitative estimate of drug-likeness (QED) is 0.777. The highest BCUT2D eigenvalue weighted by atomic mass is 32.2. The molecule has 2 aliphatic heterocycles. The summed E-state index contributed by atoms with van der Waals surface area (Å²) in [5.74, 6) is 0.603. The molecule has 2 amide bonds. The molecule has 0 atom stereocenters. The molecule has 23 heavy (non-hydrogen) atoms. The Morgan fingerprint density at radius 1 is 0.870 bits per heavy atom. The molecule has 2 heterocycles. The third-order valence-electron chi connectivity index (χ3n) is 5.64. The van der Waals surface area contributed by atoms with Gasteiger partial charge >= 0.3 is 0 Å². The van der Waals surface area contributed by atoms with Crippen molar-refractivity contribution in [2.45, 2.75) is 43.3 Å². The van der Waals surface area contributed by atoms with Crippen LogP contribution in [-0.4, -0.2) is 83.3 Å². The van der Waals surface area contributed by atoms with E-state index in [1.165, 1.54) is 6.42 Å². The summed E-state index contributed by atoms with van der Waals surface area (Å²) in [5, 5.41) is 0. The van der Waals surface area contributed by atoms with E-state index in [1.807, 2.05) is 4.90 Å². The minimum absolute atomic E-state index is 0.138. The molecule has 1 aliphatic carbocycles. The van der Waals surface area contributed by atoms with Gasteiger partial charge in [0.15, 0.2) is 0 Å². The third kappa shape index (κ3) is 3.68. The standard InChI is InChI=1S/C17H29N3O2S/c1-23-17(6-4-7-17)16(22)20-11-5-8-18(12-13-20)14-15(21)19-9-2-3-10-19/h2-14H2,1H3. The topological polar surface area (TPSA) is 43.9 Å². The highest BCUT2D eigenvalue weighted by Gasteiger charge is 2.45. The predicted octanol–water partition coefficient (Wildman–Crippen LogP) is 1.43. The molecule has 6 heteroatoms. The van der Waals surface area contributed by atoms with Crippen LogP contribution in [0.1, 0.15) is 38.5 Å². The zero-order valence-corrected chi connectivity index (χ0v) is 15.1. The van der Waals surface area contributed by atoms with E-state index in [4.69, 9.17) is 0 Å². The minimum atomic E-state index is -0.138. The summed E-state index contributed by atoms with van der Waals surface area (Å²) >= 11 is 1.73. The van der Waals surface area contributed by atoms with Crippen molar-refractivity contribution in [1.29, 1.82) is 0 Å². The largest absolute Gasteiger partial charge is 0.342 e. The molecular formula is C17H29N3O2S. The van der Waals surface area contributed by atoms with Gasteiger partial charge < -0.3 is 9.80 Å². The molecule has 0 spiro atoms. The van der Waals surface area contributed by atoms with Gasteiger partial charge in [0.05, 0.1) is 11.3 Å². The van der Waals surface area contributed by atoms with Gasteiger partial charge in [0.25, 0.3) is 0 Å². The first-order valence-corrected chi connectivity index (χ1v) is 10.2. The van der Waals surface area contributed by atoms with E-state index in [2.05, 4.69) is 16.1 Å². The molecule has 0 N–H and O–H groups in total. The summed E-state index contributed by atoms with van der Waals surface area (Å²) < 4.78 is -0.138. The second kappa shape index (κ2) is 7.43. The molecule has 0 unspecified atom stereocenters. The summed E-state index contributed by atoms with van der Waals surface area (Å²) in [5.41, 5.74) is 0. The molecule has 2 saturated heterocycles. The summed E-state index contributed by atoms with van der Waals surface area (Å²) in [4.78, 5) is 31.4. The van der Waals surface area contributed by atoms with E-state index >= 15 is 0 Å². The van der Waals surface area contributed by atoms with Crippen LogP contribution in [0.2, 0.25) is 0 Å². The lowest BCUT2D eigenvalue weighted by molar-refractivity contribution is -0.135. The van der Waals surface area contributed by atoms with Crippen molar-refractivity contribution < 1.29 is 9.59 Å². The Hall–Kier alpha value is -0.750. The lowest BCUT2D eigenvalue weighted by Crippen LogP contribution is -2.52. The van der Waals surface area contributed by atoms with Crippen LogP contribution in [0.15, 0.2) is 0 Å². The number of amides is 2. The maximum atomic E-state index is 12.8. The van der Waals surface area contributed by atoms with Crippen LogP contribution < -0.4 is 0 Å². The molecule has 3 rings (SSSR count). The summed E-state index contributed by atoms with van der Waals surface area (Å²) in [6.45, 7) is 5.74. The number of carbonyl (C=O) groups excluding carboxylic acids is 2. The molecule has 0 aromatic heterocycles. The van der Waals surface area contributed by atoms with E-state index < -0.39 is 0 Å². The fourth-order valence-electron chi connectivity index (χ4n) is 3.88. The summed E-state index contributed by atoms with van der Waals surface area (Å²) in [7, 11) is 0. The van der Waals surface area contributed by atoms with E-state index in [1.54, 1.807) is 11.8 Å². The first-order valence-electron chi connectivity index (χ1n) is 8.99. The maximum Gasteiger partial charge on any atom is 0.238 e. The number of carbonyl (C=O) groups is 2. The summed E-state index contributed by atoms with van der Waals surface area (Å²) in [6, 6.07) is 0. The van der Waals surface area contributed by atoms with E-state index in [0.29, 0.717) is 12.5 Å². The minimum Gasteiger partial charge on any atom is -0.342 e. The second-order valence-corrected chi connectivity index (χ2v) is 8.25. The van der Waals surface area contributed by atoms with Gasteiger partial charge in [-0.2, -0.15) is 0 Å². The molecule has 3 fully saturated rings. The van der Waals surface area contributed by atoms with Gasteiger partial charge in [0.1, 0.15) is 0 Å². The van der Waals surface area contributed by atoms with Crippen molar-refractivity contribution in [3.05, 3.63) is 0 Å². The van der Waals surface area contributed by atoms with Gasteiger partial charge in [-0.05, 0) is 44.8 Å². The van der Waals surface area contributed by atoms with E-state index in [-0.39, 0.29) is 10.7 Å². The highest BCUT2D eigenvalue weighted by Crippen LogP contribution is 2.44. The summed E-state index contributed by atoms with van der Waals surface area (Å²) in [6.07, 6.45) is 8.56. The number of likely N-dealkylation sites (tertiary alicyclic amines) is 1. The molecule has 0 bridgehead atoms. The first-order chi connectivity index (χ1) is 11.1. The van der Waals surface area contributed by atoms with E-state index in [0.717, 1.165) is 71.4 Å². The fourth-order valence-corrected chi connectivity index (χ4v) is 4.88. The van der Waals surface area contributed by atoms with Crippen LogP contribution in [-0.2, 0) is 9.59 Å². The van der Waals surface area contributed by atoms with Crippen LogP contribution in [0.4, 0.5) is 0 Å². The number of thioether (sulfide) groups is 1. The molecule has 0 aromatic rings. The van der Waals surface area contributed by atoms with Crippen molar-refractivity contribution in [2.24, 2.45) is 0 Å². The van der Waals surface area contributed by atoms with Gasteiger partial charge in [-0.15, -0.1) is 11.8 Å². The molecule has 130 valence electrons. The van der Waals surface area contributed by atoms with Crippen LogP contribution in [0.25, 0.3) is 0 Å². The molecule has 1 saturated carbocycles. The van der Waals surface area contributed by atoms with Crippen molar-refractivity contribution in [1.82, 2.24) is 14.7 Å². The molecule has 0 aromatic carbocycles. The highest BCUT2D eigenvalue weighted by molar-refractivity contribution is 8.00. The van der Waals surface area contributed by atoms with Crippen molar-refractivity contribution in [2.75, 3.05) is 52.1 Å². The van der Waals surface area contributed by atoms with Crippen molar-refractivity contribution in [3.8, 4) is 0 Å². The van der Waals surface area contributed by atoms with Crippen molar-refractivity contribution >= 4 is 23.6 Å². The second-order valence-electron chi connectivity index (χ2n) is 7.06. The Labute approximate surface area is 143 Å². The Morgan fingerprint density at radius 3 is 2.17 bits per heavy atom. The van der Waals surface area contributed by atoms with E-state index in [9.17, 15) is 9.59 Å². The average Bonchev–Trinajstić information content (AvgIpc) is 2.94. The lowest BCUT2D eigenvalue weighted by atomic mass is 9.83. The molecule has 3 aliphatic rings. The lowest BCUT2D eigenvalue weighted by Gasteiger charge is -2.42. The zero-order chi connectivity index (χ0) is 16.3. The Bertz CT molecular complexity index is 442. The normalized spacial score (nSPS) is 25.1. The molecular weight excluding hydrogens is 310 g/mol. The first kappa shape index (κ1) is 17.1. The smallest absolute Gasteiger partial charge is 0.238 e. The predicted molar refractivity (Wildman–Crippen MR) is 93.5 cm³/mol. The molecule has 5 nitrogen and oxygen atoms in total. The Balaban J connectivity index is 1.50. The fraction of sp³-hybridized carbons (Fsp3) is 0.882. The number of nitrogens with zero attached hydrogens (tertiary/aromatic N) is 3. The van der Waals surface area contributed by atoms with Crippen LogP contribution >= 0.6 is 11.8 Å². The van der Waals surface area contributed by atoms with Crippen molar-refractivity contribution in [3.63, 3.8) is 0 Å². The number of hydrogen-bond donors (Lipinski definition) is 0. The monoisotopic (exact) mass is 339 g/mol. The van der Waals surface area contributed by atoms with Crippen LogP contribution in [0, 0.1) is 0 Å². The number of hydrogen-bond acceptors (Lipinski definition) is 4. The zero-order valence-electron chi connectivity index (χ0n) is 14.3. The van der Waals surface area contributed by atoms with Crippen LogP contribution in [0.3, 0.4) is 0 Å². The van der Waals surface area contributed by atoms with Crippen LogP contribution in [0.5, 0.6) is 0 Å². The van der Waals surface area contributed by atoms with Gasteiger partial charge in [0, 0.05) is 39.3 Å². The Kier molecular flexibility index (Phi) is 5.52. The SMILES string of the molecule is CSC1(C(=O)N2CCCN(CC(=O)N3CCCC3)CC2)CCC1. The van der Waals surface area contributed by atoms with Gasteiger partial charge in [-0.25, -0.2) is 0 Å². The van der Waals surface area contributed by atoms with Gasteiger partial charge in [-0.1, -0.05) is 0 Å². The third-order valence-corrected chi connectivity index (χ3v) is 7.00. The molecule has 0 radical (unpaired) electrons. The van der Waals surface area contributed by atoms with Gasteiger partial charge in [-0.3, -0.25) is 14.5 Å². The average molecular weight is 340 g/mol. The maximum absolute atomic E-state index is 12.8. The number of rotatable bonds is 4. The Morgan fingerprint density at radius 2 is 1.57 bits per heavy atom. The van der Waals surface area contributed by atoms with Gasteiger partial charge in [0.2, 0.25) is 11.8 Å².